The fourth-order valence-electron chi connectivity index (χ4n) is 2.41. The zero-order valence-corrected chi connectivity index (χ0v) is 12.9. The van der Waals surface area contributed by atoms with Gasteiger partial charge in [0.2, 0.25) is 0 Å². The Morgan fingerprint density at radius 3 is 2.60 bits per heavy atom. The smallest absolute Gasteiger partial charge is 0.0492 e. The van der Waals surface area contributed by atoms with Crippen LogP contribution in [-0.2, 0) is 13.5 Å². The second-order valence-corrected chi connectivity index (χ2v) is 5.48. The average Bonchev–Trinajstić information content (AvgIpc) is 2.86. The van der Waals surface area contributed by atoms with E-state index in [-0.39, 0.29) is 0 Å². The predicted molar refractivity (Wildman–Crippen MR) is 84.3 cm³/mol. The summed E-state index contributed by atoms with van der Waals surface area (Å²) >= 11 is 5.97. The highest BCUT2D eigenvalue weighted by Crippen LogP contribution is 2.23. The molecule has 2 aromatic rings. The molecule has 20 heavy (non-hydrogen) atoms. The van der Waals surface area contributed by atoms with Crippen LogP contribution in [0.25, 0.3) is 0 Å². The minimum atomic E-state index is 0.502. The van der Waals surface area contributed by atoms with E-state index in [1.165, 1.54) is 11.3 Å². The third-order valence-corrected chi connectivity index (χ3v) is 3.91. The Labute approximate surface area is 126 Å². The molecule has 0 aliphatic rings. The first-order chi connectivity index (χ1) is 9.70. The van der Waals surface area contributed by atoms with E-state index in [2.05, 4.69) is 35.5 Å². The lowest BCUT2D eigenvalue weighted by atomic mass is 9.93. The SMILES string of the molecule is CCNCC(CCc1ccnn1C)c1ccc(Cl)cc1. The standard InChI is InChI=1S/C16H22ClN3/c1-3-18-12-14(13-4-7-15(17)8-5-13)6-9-16-10-11-19-20(16)2/h4-5,7-8,10-11,14,18H,3,6,9,12H2,1-2H3. The van der Waals surface area contributed by atoms with E-state index in [4.69, 9.17) is 11.6 Å². The normalized spacial score (nSPS) is 12.6. The van der Waals surface area contributed by atoms with Gasteiger partial charge < -0.3 is 5.32 Å². The maximum absolute atomic E-state index is 5.97. The summed E-state index contributed by atoms with van der Waals surface area (Å²) in [5, 5.41) is 8.47. The molecule has 0 spiro atoms. The van der Waals surface area contributed by atoms with E-state index in [1.807, 2.05) is 30.1 Å². The van der Waals surface area contributed by atoms with Gasteiger partial charge in [-0.1, -0.05) is 30.7 Å². The molecule has 1 aromatic heterocycles. The zero-order chi connectivity index (χ0) is 14.4. The Balaban J connectivity index is 2.03. The zero-order valence-electron chi connectivity index (χ0n) is 12.1. The number of hydrogen-bond donors (Lipinski definition) is 1. The lowest BCUT2D eigenvalue weighted by Gasteiger charge is -2.18. The monoisotopic (exact) mass is 291 g/mol. The van der Waals surface area contributed by atoms with Gasteiger partial charge in [-0.2, -0.15) is 5.10 Å². The average molecular weight is 292 g/mol. The van der Waals surface area contributed by atoms with Gasteiger partial charge in [0.1, 0.15) is 0 Å². The van der Waals surface area contributed by atoms with Crippen molar-refractivity contribution in [2.24, 2.45) is 7.05 Å². The molecule has 0 aliphatic heterocycles. The van der Waals surface area contributed by atoms with Crippen LogP contribution >= 0.6 is 11.6 Å². The van der Waals surface area contributed by atoms with Crippen LogP contribution in [-0.4, -0.2) is 22.9 Å². The Bertz CT molecular complexity index is 519. The Morgan fingerprint density at radius 1 is 1.25 bits per heavy atom. The number of rotatable bonds is 7. The summed E-state index contributed by atoms with van der Waals surface area (Å²) < 4.78 is 1.95. The molecule has 0 radical (unpaired) electrons. The maximum Gasteiger partial charge on any atom is 0.0492 e. The van der Waals surface area contributed by atoms with Crippen LogP contribution in [0, 0.1) is 0 Å². The molecule has 2 rings (SSSR count). The molecule has 3 nitrogen and oxygen atoms in total. The molecule has 1 unspecified atom stereocenters. The van der Waals surface area contributed by atoms with Crippen molar-refractivity contribution < 1.29 is 0 Å². The second-order valence-electron chi connectivity index (χ2n) is 5.04. The molecule has 1 aromatic carbocycles. The Kier molecular flexibility index (Phi) is 5.62. The summed E-state index contributed by atoms with van der Waals surface area (Å²) in [4.78, 5) is 0. The molecule has 1 atom stereocenters. The number of benzene rings is 1. The van der Waals surface area contributed by atoms with E-state index < -0.39 is 0 Å². The third-order valence-electron chi connectivity index (χ3n) is 3.65. The van der Waals surface area contributed by atoms with Crippen LogP contribution in [0.5, 0.6) is 0 Å². The molecule has 4 heteroatoms. The first kappa shape index (κ1) is 15.1. The molecule has 0 aliphatic carbocycles. The van der Waals surface area contributed by atoms with Gasteiger partial charge in [-0.25, -0.2) is 0 Å². The molecule has 108 valence electrons. The predicted octanol–water partition coefficient (Wildman–Crippen LogP) is 3.40. The summed E-state index contributed by atoms with van der Waals surface area (Å²) in [6, 6.07) is 10.3. The van der Waals surface area contributed by atoms with Crippen LogP contribution in [0.3, 0.4) is 0 Å². The number of halogens is 1. The van der Waals surface area contributed by atoms with Crippen molar-refractivity contribution in [2.75, 3.05) is 13.1 Å². The second kappa shape index (κ2) is 7.46. The molecule has 0 saturated heterocycles. The molecule has 0 bridgehead atoms. The summed E-state index contributed by atoms with van der Waals surface area (Å²) in [7, 11) is 2.00. The Hall–Kier alpha value is -1.32. The number of hydrogen-bond acceptors (Lipinski definition) is 2. The van der Waals surface area contributed by atoms with Crippen molar-refractivity contribution in [1.29, 1.82) is 0 Å². The highest BCUT2D eigenvalue weighted by atomic mass is 35.5. The van der Waals surface area contributed by atoms with E-state index in [0.29, 0.717) is 5.92 Å². The number of aryl methyl sites for hydroxylation is 2. The van der Waals surface area contributed by atoms with Crippen LogP contribution in [0.1, 0.15) is 30.5 Å². The molecule has 1 heterocycles. The van der Waals surface area contributed by atoms with Crippen LogP contribution in [0.4, 0.5) is 0 Å². The van der Waals surface area contributed by atoms with Gasteiger partial charge in [-0.3, -0.25) is 4.68 Å². The molecule has 1 N–H and O–H groups in total. The molecule has 0 amide bonds. The minimum absolute atomic E-state index is 0.502. The summed E-state index contributed by atoms with van der Waals surface area (Å²) in [6.07, 6.45) is 4.00. The topological polar surface area (TPSA) is 29.9 Å². The number of nitrogens with one attached hydrogen (secondary N) is 1. The largest absolute Gasteiger partial charge is 0.316 e. The fraction of sp³-hybridized carbons (Fsp3) is 0.438. The van der Waals surface area contributed by atoms with Gasteiger partial charge in [0, 0.05) is 30.5 Å². The van der Waals surface area contributed by atoms with Gasteiger partial charge >= 0.3 is 0 Å². The van der Waals surface area contributed by atoms with Gasteiger partial charge in [0.15, 0.2) is 0 Å². The van der Waals surface area contributed by atoms with Gasteiger partial charge in [-0.15, -0.1) is 0 Å². The summed E-state index contributed by atoms with van der Waals surface area (Å²) in [5.74, 6) is 0.502. The maximum atomic E-state index is 5.97. The highest BCUT2D eigenvalue weighted by molar-refractivity contribution is 6.30. The van der Waals surface area contributed by atoms with E-state index >= 15 is 0 Å². The molecular formula is C16H22ClN3. The molecule has 0 fully saturated rings. The van der Waals surface area contributed by atoms with E-state index in [1.54, 1.807) is 0 Å². The minimum Gasteiger partial charge on any atom is -0.316 e. The van der Waals surface area contributed by atoms with Gasteiger partial charge in [0.05, 0.1) is 0 Å². The van der Waals surface area contributed by atoms with E-state index in [0.717, 1.165) is 31.0 Å². The number of aromatic nitrogens is 2. The molecular weight excluding hydrogens is 270 g/mol. The summed E-state index contributed by atoms with van der Waals surface area (Å²) in [5.41, 5.74) is 2.62. The van der Waals surface area contributed by atoms with Crippen LogP contribution in [0.2, 0.25) is 5.02 Å². The highest BCUT2D eigenvalue weighted by Gasteiger charge is 2.12. The first-order valence-electron chi connectivity index (χ1n) is 7.13. The lowest BCUT2D eigenvalue weighted by Crippen LogP contribution is -2.22. The van der Waals surface area contributed by atoms with Crippen molar-refractivity contribution in [3.05, 3.63) is 52.8 Å². The van der Waals surface area contributed by atoms with Crippen LogP contribution < -0.4 is 5.32 Å². The quantitative estimate of drug-likeness (QED) is 0.847. The van der Waals surface area contributed by atoms with Crippen molar-refractivity contribution in [3.8, 4) is 0 Å². The lowest BCUT2D eigenvalue weighted by molar-refractivity contribution is 0.549. The van der Waals surface area contributed by atoms with Crippen molar-refractivity contribution in [1.82, 2.24) is 15.1 Å². The summed E-state index contributed by atoms with van der Waals surface area (Å²) in [6.45, 7) is 4.13. The Morgan fingerprint density at radius 2 is 2.00 bits per heavy atom. The van der Waals surface area contributed by atoms with E-state index in [9.17, 15) is 0 Å². The van der Waals surface area contributed by atoms with Gasteiger partial charge in [0.25, 0.3) is 0 Å². The van der Waals surface area contributed by atoms with Crippen molar-refractivity contribution in [3.63, 3.8) is 0 Å². The fourth-order valence-corrected chi connectivity index (χ4v) is 2.53. The first-order valence-corrected chi connectivity index (χ1v) is 7.51. The molecule has 0 saturated carbocycles. The van der Waals surface area contributed by atoms with Crippen molar-refractivity contribution >= 4 is 11.6 Å². The third kappa shape index (κ3) is 4.09. The van der Waals surface area contributed by atoms with Gasteiger partial charge in [-0.05, 0) is 49.1 Å². The number of nitrogens with zero attached hydrogens (tertiary/aromatic N) is 2. The van der Waals surface area contributed by atoms with Crippen molar-refractivity contribution in [2.45, 2.75) is 25.7 Å². The number of likely N-dealkylation sites (N-methyl/N-ethyl adjacent to an activating group) is 1. The van der Waals surface area contributed by atoms with Crippen LogP contribution in [0.15, 0.2) is 36.5 Å².